The van der Waals surface area contributed by atoms with Gasteiger partial charge in [0.05, 0.1) is 0 Å². The van der Waals surface area contributed by atoms with E-state index in [1.54, 1.807) is 12.1 Å². The van der Waals surface area contributed by atoms with Crippen LogP contribution in [0.1, 0.15) is 51.7 Å². The lowest BCUT2D eigenvalue weighted by atomic mass is 9.70. The molecule has 1 aromatic carbocycles. The Hall–Kier alpha value is -1.35. The number of rotatable bonds is 3. The van der Waals surface area contributed by atoms with Crippen LogP contribution in [0.15, 0.2) is 30.3 Å². The maximum absolute atomic E-state index is 12.3. The highest BCUT2D eigenvalue weighted by Crippen LogP contribution is 2.66. The Morgan fingerprint density at radius 3 is 2.48 bits per heavy atom. The van der Waals surface area contributed by atoms with Crippen LogP contribution < -0.4 is 0 Å². The number of fused-ring (bicyclic) bond motifs is 2. The van der Waals surface area contributed by atoms with Gasteiger partial charge >= 0.3 is 5.97 Å². The Balaban J connectivity index is 1.72. The highest BCUT2D eigenvalue weighted by molar-refractivity contribution is 5.76. The van der Waals surface area contributed by atoms with Crippen LogP contribution in [0.25, 0.3) is 0 Å². The van der Waals surface area contributed by atoms with Gasteiger partial charge in [0, 0.05) is 5.41 Å². The van der Waals surface area contributed by atoms with Gasteiger partial charge in [-0.2, -0.15) is 0 Å². The number of benzene rings is 1. The molecule has 2 fully saturated rings. The molecular weight excluding hydrogens is 264 g/mol. The third-order valence-electron chi connectivity index (χ3n) is 6.31. The number of esters is 1. The van der Waals surface area contributed by atoms with Crippen molar-refractivity contribution in [2.24, 2.45) is 16.7 Å². The van der Waals surface area contributed by atoms with E-state index in [2.05, 4.69) is 20.8 Å². The van der Waals surface area contributed by atoms with Gasteiger partial charge in [-0.05, 0) is 36.2 Å². The van der Waals surface area contributed by atoms with E-state index in [0.717, 1.165) is 12.8 Å². The maximum atomic E-state index is 12.3. The molecule has 0 unspecified atom stereocenters. The summed E-state index contributed by atoms with van der Waals surface area (Å²) in [6, 6.07) is 8.99. The van der Waals surface area contributed by atoms with E-state index in [0.29, 0.717) is 11.5 Å². The quantitative estimate of drug-likeness (QED) is 0.866. The van der Waals surface area contributed by atoms with Crippen molar-refractivity contribution in [1.29, 1.82) is 0 Å². The van der Waals surface area contributed by atoms with Crippen molar-refractivity contribution in [1.82, 2.24) is 0 Å². The van der Waals surface area contributed by atoms with Gasteiger partial charge in [-0.1, -0.05) is 51.1 Å². The molecule has 1 aromatic rings. The van der Waals surface area contributed by atoms with E-state index in [4.69, 9.17) is 4.74 Å². The van der Waals surface area contributed by atoms with Gasteiger partial charge in [-0.15, -0.1) is 0 Å². The zero-order valence-corrected chi connectivity index (χ0v) is 13.0. The van der Waals surface area contributed by atoms with Crippen molar-refractivity contribution in [3.8, 4) is 0 Å². The zero-order chi connectivity index (χ0) is 15.3. The summed E-state index contributed by atoms with van der Waals surface area (Å²) in [5.41, 5.74) is 0.828. The monoisotopic (exact) mass is 288 g/mol. The van der Waals surface area contributed by atoms with Crippen LogP contribution in [0.4, 0.5) is 0 Å². The van der Waals surface area contributed by atoms with Gasteiger partial charge in [0.25, 0.3) is 0 Å². The fourth-order valence-electron chi connectivity index (χ4n) is 4.28. The summed E-state index contributed by atoms with van der Waals surface area (Å²) in [4.78, 5) is 12.3. The fraction of sp³-hybridized carbons (Fsp3) is 0.611. The molecule has 0 aliphatic heterocycles. The van der Waals surface area contributed by atoms with Crippen molar-refractivity contribution in [3.63, 3.8) is 0 Å². The normalized spacial score (nSPS) is 34.7. The van der Waals surface area contributed by atoms with E-state index < -0.39 is 12.1 Å². The SMILES string of the molecule is CC1(C)[C@H]2CC[C@]1(C)[C@H](OC(=O)[C@@H](O)c1ccccc1)C2. The van der Waals surface area contributed by atoms with Crippen molar-refractivity contribution in [3.05, 3.63) is 35.9 Å². The molecule has 1 N–H and O–H groups in total. The first kappa shape index (κ1) is 14.6. The van der Waals surface area contributed by atoms with Crippen LogP contribution in [0, 0.1) is 16.7 Å². The van der Waals surface area contributed by atoms with Crippen molar-refractivity contribution >= 4 is 5.97 Å². The lowest BCUT2D eigenvalue weighted by Gasteiger charge is -2.38. The molecule has 0 saturated heterocycles. The molecule has 3 heteroatoms. The molecule has 0 heterocycles. The lowest BCUT2D eigenvalue weighted by Crippen LogP contribution is -2.39. The predicted molar refractivity (Wildman–Crippen MR) is 80.5 cm³/mol. The molecule has 2 saturated carbocycles. The summed E-state index contributed by atoms with van der Waals surface area (Å²) in [5.74, 6) is 0.102. The summed E-state index contributed by atoms with van der Waals surface area (Å²) >= 11 is 0. The summed E-state index contributed by atoms with van der Waals surface area (Å²) in [6.45, 7) is 6.80. The molecule has 2 aliphatic rings. The summed E-state index contributed by atoms with van der Waals surface area (Å²) in [5, 5.41) is 10.2. The summed E-state index contributed by atoms with van der Waals surface area (Å²) in [6.07, 6.45) is 1.99. The average Bonchev–Trinajstić information content (AvgIpc) is 2.80. The number of carbonyl (C=O) groups excluding carboxylic acids is 1. The molecule has 3 rings (SSSR count). The maximum Gasteiger partial charge on any atom is 0.339 e. The molecule has 2 aliphatic carbocycles. The number of hydrogen-bond donors (Lipinski definition) is 1. The predicted octanol–water partition coefficient (Wildman–Crippen LogP) is 3.48. The topological polar surface area (TPSA) is 46.5 Å². The van der Waals surface area contributed by atoms with Gasteiger partial charge in [0.15, 0.2) is 6.10 Å². The first-order valence-electron chi connectivity index (χ1n) is 7.80. The van der Waals surface area contributed by atoms with Crippen molar-refractivity contribution in [2.75, 3.05) is 0 Å². The van der Waals surface area contributed by atoms with Gasteiger partial charge < -0.3 is 9.84 Å². The first-order chi connectivity index (χ1) is 9.86. The smallest absolute Gasteiger partial charge is 0.339 e. The van der Waals surface area contributed by atoms with E-state index in [1.165, 1.54) is 6.42 Å². The van der Waals surface area contributed by atoms with Crippen LogP contribution in [-0.4, -0.2) is 17.2 Å². The molecular formula is C18H24O3. The molecule has 3 nitrogen and oxygen atoms in total. The lowest BCUT2D eigenvalue weighted by molar-refractivity contribution is -0.167. The third kappa shape index (κ3) is 2.10. The second-order valence-corrected chi connectivity index (χ2v) is 7.35. The van der Waals surface area contributed by atoms with Crippen LogP contribution in [0.2, 0.25) is 0 Å². The van der Waals surface area contributed by atoms with Crippen LogP contribution in [-0.2, 0) is 9.53 Å². The van der Waals surface area contributed by atoms with Gasteiger partial charge in [-0.25, -0.2) is 4.79 Å². The van der Waals surface area contributed by atoms with Gasteiger partial charge in [-0.3, -0.25) is 0 Å². The van der Waals surface area contributed by atoms with E-state index in [9.17, 15) is 9.90 Å². The van der Waals surface area contributed by atoms with Crippen LogP contribution in [0.5, 0.6) is 0 Å². The number of ether oxygens (including phenoxy) is 1. The fourth-order valence-corrected chi connectivity index (χ4v) is 4.28. The molecule has 0 aromatic heterocycles. The molecule has 4 atom stereocenters. The van der Waals surface area contributed by atoms with Gasteiger partial charge in [0.2, 0.25) is 0 Å². The number of carbonyl (C=O) groups is 1. The van der Waals surface area contributed by atoms with Crippen LogP contribution >= 0.6 is 0 Å². The highest BCUT2D eigenvalue weighted by atomic mass is 16.6. The standard InChI is InChI=1S/C18H24O3/c1-17(2)13-9-10-18(17,3)14(11-13)21-16(20)15(19)12-7-5-4-6-8-12/h4-8,13-15,19H,9-11H2,1-3H3/t13-,14+,15-,18+/m0/s1. The zero-order valence-electron chi connectivity index (χ0n) is 13.0. The minimum atomic E-state index is -1.18. The second kappa shape index (κ2) is 4.84. The van der Waals surface area contributed by atoms with E-state index in [1.807, 2.05) is 18.2 Å². The third-order valence-corrected chi connectivity index (χ3v) is 6.31. The molecule has 114 valence electrons. The molecule has 0 spiro atoms. The minimum absolute atomic E-state index is 0.0315. The Labute approximate surface area is 126 Å². The minimum Gasteiger partial charge on any atom is -0.460 e. The molecule has 0 radical (unpaired) electrons. The number of aliphatic hydroxyl groups is 1. The van der Waals surface area contributed by atoms with Crippen molar-refractivity contribution in [2.45, 2.75) is 52.2 Å². The van der Waals surface area contributed by atoms with E-state index >= 15 is 0 Å². The Morgan fingerprint density at radius 1 is 1.29 bits per heavy atom. The van der Waals surface area contributed by atoms with Gasteiger partial charge in [0.1, 0.15) is 6.10 Å². The average molecular weight is 288 g/mol. The van der Waals surface area contributed by atoms with Crippen LogP contribution in [0.3, 0.4) is 0 Å². The Morgan fingerprint density at radius 2 is 1.95 bits per heavy atom. The Kier molecular flexibility index (Phi) is 3.36. The second-order valence-electron chi connectivity index (χ2n) is 7.35. The molecule has 2 bridgehead atoms. The first-order valence-corrected chi connectivity index (χ1v) is 7.80. The largest absolute Gasteiger partial charge is 0.460 e. The van der Waals surface area contributed by atoms with Crippen molar-refractivity contribution < 1.29 is 14.6 Å². The number of hydrogen-bond acceptors (Lipinski definition) is 3. The highest BCUT2D eigenvalue weighted by Gasteiger charge is 2.63. The molecule has 0 amide bonds. The number of aliphatic hydroxyl groups excluding tert-OH is 1. The summed E-state index contributed by atoms with van der Waals surface area (Å²) in [7, 11) is 0. The Bertz CT molecular complexity index is 537. The van der Waals surface area contributed by atoms with E-state index in [-0.39, 0.29) is 16.9 Å². The summed E-state index contributed by atoms with van der Waals surface area (Å²) < 4.78 is 5.71. The molecule has 21 heavy (non-hydrogen) atoms.